The van der Waals surface area contributed by atoms with Gasteiger partial charge in [-0.15, -0.1) is 0 Å². The summed E-state index contributed by atoms with van der Waals surface area (Å²) in [5.41, 5.74) is 1.40. The van der Waals surface area contributed by atoms with E-state index in [1.54, 1.807) is 26.4 Å². The van der Waals surface area contributed by atoms with Crippen LogP contribution in [0.1, 0.15) is 16.8 Å². The van der Waals surface area contributed by atoms with Gasteiger partial charge in [0.05, 0.1) is 14.2 Å². The van der Waals surface area contributed by atoms with Gasteiger partial charge in [-0.25, -0.2) is 0 Å². The number of benzene rings is 1. The quantitative estimate of drug-likeness (QED) is 0.239. The Morgan fingerprint density at radius 2 is 1.91 bits per heavy atom. The Kier molecular flexibility index (Phi) is 7.81. The number of methoxy groups -OCH3 is 2. The Bertz CT molecular complexity index is 610. The first-order valence-corrected chi connectivity index (χ1v) is 8.70. The molecule has 0 amide bonds. The zero-order valence-electron chi connectivity index (χ0n) is 12.2. The summed E-state index contributed by atoms with van der Waals surface area (Å²) in [6.07, 6.45) is 6.04. The highest BCUT2D eigenvalue weighted by atomic mass is 127. The second-order valence-electron chi connectivity index (χ2n) is 4.43. The summed E-state index contributed by atoms with van der Waals surface area (Å²) in [6.45, 7) is 0. The summed E-state index contributed by atoms with van der Waals surface area (Å²) < 4.78 is 12.0. The molecule has 0 heterocycles. The third-order valence-electron chi connectivity index (χ3n) is 3.13. The maximum atomic E-state index is 11.0. The van der Waals surface area contributed by atoms with Gasteiger partial charge in [0, 0.05) is 18.1 Å². The lowest BCUT2D eigenvalue weighted by atomic mass is 10.1. The number of ether oxygens (including phenoxy) is 2. The first kappa shape index (κ1) is 18.9. The normalized spacial score (nSPS) is 16.7. The van der Waals surface area contributed by atoms with Crippen LogP contribution in [-0.4, -0.2) is 30.7 Å². The predicted octanol–water partition coefficient (Wildman–Crippen LogP) is -3.80. The lowest BCUT2D eigenvalue weighted by Gasteiger charge is -2.13. The van der Waals surface area contributed by atoms with Gasteiger partial charge in [-0.2, -0.15) is 0 Å². The average Bonchev–Trinajstić information content (AvgIpc) is 2.54. The summed E-state index contributed by atoms with van der Waals surface area (Å²) >= 11 is -0.502. The highest BCUT2D eigenvalue weighted by molar-refractivity contribution is 5.75. The molecule has 0 N–H and O–H groups in total. The fourth-order valence-corrected chi connectivity index (χ4v) is 5.58. The van der Waals surface area contributed by atoms with Crippen LogP contribution in [0.2, 0.25) is 0 Å². The van der Waals surface area contributed by atoms with Crippen molar-refractivity contribution in [2.45, 2.75) is 10.3 Å². The standard InChI is InChI=1S/C16H16IO4.BrH/c1-20-15-5-3-11(9-18)7-13(15)17-14-8-12(10-19)4-6-16(14)21-2;/h3-7,9-10,14H,8H2,1-2H3;1H/q+1;/p-1. The van der Waals surface area contributed by atoms with Crippen molar-refractivity contribution >= 4 is 12.6 Å². The van der Waals surface area contributed by atoms with Gasteiger partial charge in [-0.05, 0) is 23.8 Å². The lowest BCUT2D eigenvalue weighted by Crippen LogP contribution is -3.65. The Hall–Kier alpha value is -1.15. The zero-order valence-corrected chi connectivity index (χ0v) is 16.0. The molecule has 0 spiro atoms. The molecule has 1 atom stereocenters. The third-order valence-corrected chi connectivity index (χ3v) is 6.45. The van der Waals surface area contributed by atoms with Crippen LogP contribution < -0.4 is 42.9 Å². The molecular weight excluding hydrogens is 463 g/mol. The molecule has 1 unspecified atom stereocenters. The molecular formula is C16H16BrIO4. The minimum Gasteiger partial charge on any atom is -1.00 e. The van der Waals surface area contributed by atoms with Gasteiger partial charge in [0.15, 0.2) is 5.75 Å². The van der Waals surface area contributed by atoms with Crippen LogP contribution in [0.5, 0.6) is 5.75 Å². The predicted molar refractivity (Wildman–Crippen MR) is 74.7 cm³/mol. The third kappa shape index (κ3) is 4.42. The molecule has 22 heavy (non-hydrogen) atoms. The van der Waals surface area contributed by atoms with Gasteiger partial charge in [0.2, 0.25) is 7.49 Å². The van der Waals surface area contributed by atoms with E-state index in [4.69, 9.17) is 9.47 Å². The van der Waals surface area contributed by atoms with E-state index in [2.05, 4.69) is 0 Å². The summed E-state index contributed by atoms with van der Waals surface area (Å²) in [5, 5.41) is 0. The SMILES string of the molecule is COC1=CC=C(C=O)CC1[I+]c1cc(C=O)ccc1OC.[Br-]. The van der Waals surface area contributed by atoms with E-state index in [0.29, 0.717) is 12.0 Å². The van der Waals surface area contributed by atoms with Crippen molar-refractivity contribution in [3.05, 3.63) is 50.8 Å². The Balaban J connectivity index is 0.00000242. The fraction of sp³-hybridized carbons (Fsp3) is 0.250. The van der Waals surface area contributed by atoms with Crippen molar-refractivity contribution in [2.75, 3.05) is 14.2 Å². The summed E-state index contributed by atoms with van der Waals surface area (Å²) in [6, 6.07) is 5.42. The van der Waals surface area contributed by atoms with E-state index < -0.39 is 21.2 Å². The Labute approximate surface area is 150 Å². The van der Waals surface area contributed by atoms with Gasteiger partial charge in [-0.3, -0.25) is 9.59 Å². The first-order valence-electron chi connectivity index (χ1n) is 6.38. The monoisotopic (exact) mass is 478 g/mol. The molecule has 6 heteroatoms. The van der Waals surface area contributed by atoms with Gasteiger partial charge >= 0.3 is 21.2 Å². The molecule has 118 valence electrons. The molecule has 0 saturated heterocycles. The highest BCUT2D eigenvalue weighted by Crippen LogP contribution is 2.16. The van der Waals surface area contributed by atoms with Crippen LogP contribution in [0.3, 0.4) is 0 Å². The number of rotatable bonds is 6. The van der Waals surface area contributed by atoms with Crippen LogP contribution in [0.25, 0.3) is 0 Å². The Morgan fingerprint density at radius 3 is 2.50 bits per heavy atom. The molecule has 1 aliphatic rings. The maximum absolute atomic E-state index is 11.0. The fourth-order valence-electron chi connectivity index (χ4n) is 2.03. The van der Waals surface area contributed by atoms with Gasteiger partial charge in [0.1, 0.15) is 18.3 Å². The summed E-state index contributed by atoms with van der Waals surface area (Å²) in [5.74, 6) is 1.66. The number of allylic oxidation sites excluding steroid dienone is 4. The second-order valence-corrected chi connectivity index (χ2v) is 7.71. The number of halogens is 2. The molecule has 0 aliphatic heterocycles. The summed E-state index contributed by atoms with van der Waals surface area (Å²) in [7, 11) is 3.26. The van der Waals surface area contributed by atoms with E-state index >= 15 is 0 Å². The minimum atomic E-state index is -0.502. The van der Waals surface area contributed by atoms with Crippen LogP contribution in [0, 0.1) is 3.57 Å². The van der Waals surface area contributed by atoms with Gasteiger partial charge in [0.25, 0.3) is 0 Å². The van der Waals surface area contributed by atoms with Gasteiger partial charge < -0.3 is 26.5 Å². The van der Waals surface area contributed by atoms with Crippen molar-refractivity contribution in [3.8, 4) is 5.75 Å². The second kappa shape index (κ2) is 9.09. The number of alkyl halides is 1. The molecule has 2 rings (SSSR count). The maximum Gasteiger partial charge on any atom is 0.329 e. The number of hydrogen-bond donors (Lipinski definition) is 0. The van der Waals surface area contributed by atoms with Gasteiger partial charge in [-0.1, -0.05) is 6.08 Å². The van der Waals surface area contributed by atoms with Crippen LogP contribution in [-0.2, 0) is 9.53 Å². The molecule has 0 radical (unpaired) electrons. The van der Waals surface area contributed by atoms with E-state index in [1.165, 1.54) is 0 Å². The lowest BCUT2D eigenvalue weighted by molar-refractivity contribution is -0.657. The number of aldehydes is 2. The highest BCUT2D eigenvalue weighted by Gasteiger charge is 2.35. The first-order chi connectivity index (χ1) is 10.2. The van der Waals surface area contributed by atoms with E-state index in [9.17, 15) is 9.59 Å². The largest absolute Gasteiger partial charge is 1.00 e. The van der Waals surface area contributed by atoms with Crippen molar-refractivity contribution in [1.82, 2.24) is 0 Å². The average molecular weight is 479 g/mol. The minimum absolute atomic E-state index is 0. The molecule has 0 saturated carbocycles. The van der Waals surface area contributed by atoms with Crippen molar-refractivity contribution in [2.24, 2.45) is 0 Å². The zero-order chi connectivity index (χ0) is 15.2. The Morgan fingerprint density at radius 1 is 1.14 bits per heavy atom. The number of carbonyl (C=O) groups excluding carboxylic acids is 2. The topological polar surface area (TPSA) is 52.6 Å². The van der Waals surface area contributed by atoms with Crippen molar-refractivity contribution in [1.29, 1.82) is 0 Å². The number of carbonyl (C=O) groups is 2. The van der Waals surface area contributed by atoms with E-state index in [-0.39, 0.29) is 20.9 Å². The molecule has 0 fully saturated rings. The molecule has 1 aliphatic carbocycles. The van der Waals surface area contributed by atoms with Crippen LogP contribution in [0.15, 0.2) is 41.7 Å². The van der Waals surface area contributed by atoms with Crippen LogP contribution >= 0.6 is 0 Å². The van der Waals surface area contributed by atoms with E-state index in [0.717, 1.165) is 33.2 Å². The number of hydrogen-bond acceptors (Lipinski definition) is 4. The van der Waals surface area contributed by atoms with Crippen LogP contribution in [0.4, 0.5) is 0 Å². The molecule has 0 bridgehead atoms. The van der Waals surface area contributed by atoms with E-state index in [1.807, 2.05) is 18.2 Å². The molecule has 4 nitrogen and oxygen atoms in total. The van der Waals surface area contributed by atoms with Crippen molar-refractivity contribution < 1.29 is 57.2 Å². The molecule has 1 aromatic carbocycles. The summed E-state index contributed by atoms with van der Waals surface area (Å²) in [4.78, 5) is 21.9. The molecule has 0 aromatic heterocycles. The van der Waals surface area contributed by atoms with Crippen molar-refractivity contribution in [3.63, 3.8) is 0 Å². The molecule has 1 aromatic rings. The smallest absolute Gasteiger partial charge is 0.329 e.